The number of halogens is 1. The molecule has 1 atom stereocenters. The number of carbonyl (C=O) groups is 2. The molecule has 2 amide bonds. The first-order valence-corrected chi connectivity index (χ1v) is 7.89. The smallest absolute Gasteiger partial charge is 0.229 e. The summed E-state index contributed by atoms with van der Waals surface area (Å²) in [6, 6.07) is 14.8. The molecule has 0 saturated heterocycles. The van der Waals surface area contributed by atoms with Crippen LogP contribution in [0.15, 0.2) is 54.6 Å². The van der Waals surface area contributed by atoms with E-state index in [2.05, 4.69) is 5.32 Å². The first kappa shape index (κ1) is 17.7. The van der Waals surface area contributed by atoms with Gasteiger partial charge >= 0.3 is 0 Å². The average Bonchev–Trinajstić information content (AvgIpc) is 2.57. The van der Waals surface area contributed by atoms with Gasteiger partial charge in [-0.05, 0) is 36.8 Å². The Morgan fingerprint density at radius 3 is 2.25 bits per heavy atom. The van der Waals surface area contributed by atoms with Gasteiger partial charge < -0.3 is 10.2 Å². The van der Waals surface area contributed by atoms with Crippen molar-refractivity contribution in [2.45, 2.75) is 26.3 Å². The third kappa shape index (κ3) is 4.65. The average molecular weight is 328 g/mol. The van der Waals surface area contributed by atoms with E-state index in [9.17, 15) is 14.0 Å². The molecule has 0 heterocycles. The first-order chi connectivity index (χ1) is 11.5. The van der Waals surface area contributed by atoms with Gasteiger partial charge in [0.1, 0.15) is 5.82 Å². The molecule has 2 aromatic rings. The molecule has 0 aliphatic heterocycles. The van der Waals surface area contributed by atoms with E-state index in [0.717, 1.165) is 5.56 Å². The zero-order chi connectivity index (χ0) is 17.5. The summed E-state index contributed by atoms with van der Waals surface area (Å²) >= 11 is 0. The maximum atomic E-state index is 13.1. The van der Waals surface area contributed by atoms with E-state index in [0.29, 0.717) is 12.2 Å². The monoisotopic (exact) mass is 328 g/mol. The predicted octanol–water partition coefficient (Wildman–Crippen LogP) is 3.45. The van der Waals surface area contributed by atoms with Gasteiger partial charge in [0.2, 0.25) is 11.8 Å². The molecule has 0 aliphatic rings. The van der Waals surface area contributed by atoms with Gasteiger partial charge in [-0.3, -0.25) is 9.59 Å². The summed E-state index contributed by atoms with van der Waals surface area (Å²) in [5, 5.41) is 2.82. The standard InChI is InChI=1S/C19H21FN2O2/c1-3-22(17-11-9-16(20)10-12-17)19(24)13-18(21-14(2)23)15-7-5-4-6-8-15/h4-12,18H,3,13H2,1-2H3,(H,21,23). The summed E-state index contributed by atoms with van der Waals surface area (Å²) in [6.07, 6.45) is 0.134. The molecule has 24 heavy (non-hydrogen) atoms. The zero-order valence-corrected chi connectivity index (χ0v) is 13.8. The molecule has 0 aliphatic carbocycles. The highest BCUT2D eigenvalue weighted by atomic mass is 19.1. The molecule has 126 valence electrons. The first-order valence-electron chi connectivity index (χ1n) is 7.89. The van der Waals surface area contributed by atoms with Crippen molar-refractivity contribution in [1.82, 2.24) is 5.32 Å². The molecule has 2 rings (SSSR count). The number of rotatable bonds is 6. The summed E-state index contributed by atoms with van der Waals surface area (Å²) in [5.41, 5.74) is 1.51. The number of amides is 2. The van der Waals surface area contributed by atoms with E-state index < -0.39 is 6.04 Å². The Morgan fingerprint density at radius 1 is 1.08 bits per heavy atom. The van der Waals surface area contributed by atoms with E-state index >= 15 is 0 Å². The molecule has 0 spiro atoms. The second kappa shape index (κ2) is 8.24. The van der Waals surface area contributed by atoms with Crippen LogP contribution < -0.4 is 10.2 Å². The highest BCUT2D eigenvalue weighted by Gasteiger charge is 2.21. The Labute approximate surface area is 141 Å². The zero-order valence-electron chi connectivity index (χ0n) is 13.8. The van der Waals surface area contributed by atoms with Crippen molar-refractivity contribution in [2.24, 2.45) is 0 Å². The minimum absolute atomic E-state index is 0.133. The number of nitrogens with zero attached hydrogens (tertiary/aromatic N) is 1. The van der Waals surface area contributed by atoms with Gasteiger partial charge in [0.25, 0.3) is 0 Å². The van der Waals surface area contributed by atoms with Crippen LogP contribution in [0.2, 0.25) is 0 Å². The second-order valence-corrected chi connectivity index (χ2v) is 5.48. The van der Waals surface area contributed by atoms with Gasteiger partial charge in [-0.15, -0.1) is 0 Å². The largest absolute Gasteiger partial charge is 0.349 e. The normalized spacial score (nSPS) is 11.6. The Kier molecular flexibility index (Phi) is 6.07. The number of hydrogen-bond donors (Lipinski definition) is 1. The second-order valence-electron chi connectivity index (χ2n) is 5.48. The molecule has 5 heteroatoms. The lowest BCUT2D eigenvalue weighted by Crippen LogP contribution is -2.35. The predicted molar refractivity (Wildman–Crippen MR) is 92.0 cm³/mol. The van der Waals surface area contributed by atoms with Crippen molar-refractivity contribution in [3.05, 3.63) is 66.0 Å². The third-order valence-corrected chi connectivity index (χ3v) is 3.71. The molecule has 4 nitrogen and oxygen atoms in total. The maximum absolute atomic E-state index is 13.1. The lowest BCUT2D eigenvalue weighted by atomic mass is 10.0. The molecule has 2 aromatic carbocycles. The van der Waals surface area contributed by atoms with Gasteiger partial charge in [-0.2, -0.15) is 0 Å². The van der Waals surface area contributed by atoms with Crippen molar-refractivity contribution < 1.29 is 14.0 Å². The van der Waals surface area contributed by atoms with E-state index in [1.165, 1.54) is 19.1 Å². The van der Waals surface area contributed by atoms with Crippen LogP contribution in [0.4, 0.5) is 10.1 Å². The molecule has 0 aromatic heterocycles. The fraction of sp³-hybridized carbons (Fsp3) is 0.263. The van der Waals surface area contributed by atoms with Crippen LogP contribution in [0.25, 0.3) is 0 Å². The lowest BCUT2D eigenvalue weighted by molar-refractivity contribution is -0.121. The quantitative estimate of drug-likeness (QED) is 0.883. The van der Waals surface area contributed by atoms with Crippen LogP contribution in [-0.4, -0.2) is 18.4 Å². The van der Waals surface area contributed by atoms with Crippen molar-refractivity contribution in [1.29, 1.82) is 0 Å². The van der Waals surface area contributed by atoms with Crippen molar-refractivity contribution in [2.75, 3.05) is 11.4 Å². The number of carbonyl (C=O) groups excluding carboxylic acids is 2. The summed E-state index contributed by atoms with van der Waals surface area (Å²) in [7, 11) is 0. The van der Waals surface area contributed by atoms with E-state index in [1.807, 2.05) is 37.3 Å². The van der Waals surface area contributed by atoms with E-state index in [1.54, 1.807) is 17.0 Å². The van der Waals surface area contributed by atoms with E-state index in [4.69, 9.17) is 0 Å². The molecular formula is C19H21FN2O2. The fourth-order valence-corrected chi connectivity index (χ4v) is 2.59. The molecule has 1 N–H and O–H groups in total. The maximum Gasteiger partial charge on any atom is 0.229 e. The van der Waals surface area contributed by atoms with Crippen molar-refractivity contribution >= 4 is 17.5 Å². The summed E-state index contributed by atoms with van der Waals surface area (Å²) < 4.78 is 13.1. The highest BCUT2D eigenvalue weighted by molar-refractivity contribution is 5.94. The molecule has 0 fully saturated rings. The van der Waals surface area contributed by atoms with Crippen molar-refractivity contribution in [3.8, 4) is 0 Å². The number of hydrogen-bond acceptors (Lipinski definition) is 2. The topological polar surface area (TPSA) is 49.4 Å². The van der Waals surface area contributed by atoms with Gasteiger partial charge in [-0.25, -0.2) is 4.39 Å². The van der Waals surface area contributed by atoms with Gasteiger partial charge in [0.15, 0.2) is 0 Å². The van der Waals surface area contributed by atoms with Gasteiger partial charge in [-0.1, -0.05) is 30.3 Å². The molecular weight excluding hydrogens is 307 g/mol. The van der Waals surface area contributed by atoms with Crippen LogP contribution in [-0.2, 0) is 9.59 Å². The minimum atomic E-state index is -0.398. The van der Waals surface area contributed by atoms with Crippen LogP contribution >= 0.6 is 0 Å². The summed E-state index contributed by atoms with van der Waals surface area (Å²) in [4.78, 5) is 25.8. The number of anilines is 1. The van der Waals surface area contributed by atoms with Crippen LogP contribution in [0.5, 0.6) is 0 Å². The molecule has 0 bridgehead atoms. The molecule has 1 unspecified atom stereocenters. The molecule has 0 radical (unpaired) electrons. The number of nitrogens with one attached hydrogen (secondary N) is 1. The summed E-state index contributed by atoms with van der Waals surface area (Å²) in [5.74, 6) is -0.671. The van der Waals surface area contributed by atoms with Crippen LogP contribution in [0.1, 0.15) is 31.9 Å². The minimum Gasteiger partial charge on any atom is -0.349 e. The molecule has 0 saturated carbocycles. The van der Waals surface area contributed by atoms with Crippen molar-refractivity contribution in [3.63, 3.8) is 0 Å². The van der Waals surface area contributed by atoms with Gasteiger partial charge in [0, 0.05) is 19.2 Å². The van der Waals surface area contributed by atoms with Crippen LogP contribution in [0.3, 0.4) is 0 Å². The highest BCUT2D eigenvalue weighted by Crippen LogP contribution is 2.21. The fourth-order valence-electron chi connectivity index (χ4n) is 2.59. The Bertz CT molecular complexity index is 686. The van der Waals surface area contributed by atoms with Crippen LogP contribution in [0, 0.1) is 5.82 Å². The SMILES string of the molecule is CCN(C(=O)CC(NC(C)=O)c1ccccc1)c1ccc(F)cc1. The van der Waals surface area contributed by atoms with E-state index in [-0.39, 0.29) is 24.1 Å². The number of benzene rings is 2. The third-order valence-electron chi connectivity index (χ3n) is 3.71. The Hall–Kier alpha value is -2.69. The lowest BCUT2D eigenvalue weighted by Gasteiger charge is -2.25. The van der Waals surface area contributed by atoms with Gasteiger partial charge in [0.05, 0.1) is 12.5 Å². The Balaban J connectivity index is 2.19. The summed E-state index contributed by atoms with van der Waals surface area (Å²) in [6.45, 7) is 3.75. The Morgan fingerprint density at radius 2 is 1.71 bits per heavy atom.